The standard InChI is InChI=1S/C15H22N4O.HI/c1-3-20-10-4-9-18-15(17-2)19-12-14-7-5-13(11-16)6-8-14;/h5-8H,3-4,9-10,12H2,1-2H3,(H2,17,18,19);1H. The van der Waals surface area contributed by atoms with Crippen LogP contribution in [0.15, 0.2) is 29.3 Å². The van der Waals surface area contributed by atoms with Gasteiger partial charge in [0.2, 0.25) is 0 Å². The van der Waals surface area contributed by atoms with Gasteiger partial charge in [0.05, 0.1) is 11.6 Å². The molecular formula is C15H23IN4O. The number of nitriles is 1. The molecule has 0 fully saturated rings. The van der Waals surface area contributed by atoms with Gasteiger partial charge in [0.1, 0.15) is 0 Å². The maximum atomic E-state index is 8.74. The molecule has 0 saturated heterocycles. The van der Waals surface area contributed by atoms with E-state index in [0.717, 1.165) is 37.7 Å². The summed E-state index contributed by atoms with van der Waals surface area (Å²) in [7, 11) is 1.75. The Balaban J connectivity index is 0.00000400. The van der Waals surface area contributed by atoms with Gasteiger partial charge >= 0.3 is 0 Å². The molecule has 0 aliphatic carbocycles. The van der Waals surface area contributed by atoms with E-state index in [0.29, 0.717) is 12.1 Å². The minimum Gasteiger partial charge on any atom is -0.382 e. The molecule has 116 valence electrons. The molecule has 0 spiro atoms. The number of nitrogens with zero attached hydrogens (tertiary/aromatic N) is 2. The van der Waals surface area contributed by atoms with Crippen molar-refractivity contribution in [2.45, 2.75) is 19.9 Å². The Morgan fingerprint density at radius 1 is 1.29 bits per heavy atom. The number of nitrogens with one attached hydrogen (secondary N) is 2. The van der Waals surface area contributed by atoms with Crippen LogP contribution in [0, 0.1) is 11.3 Å². The molecule has 0 heterocycles. The number of benzene rings is 1. The molecule has 21 heavy (non-hydrogen) atoms. The average molecular weight is 402 g/mol. The summed E-state index contributed by atoms with van der Waals surface area (Å²) in [6, 6.07) is 9.61. The minimum atomic E-state index is 0. The lowest BCUT2D eigenvalue weighted by Gasteiger charge is -2.11. The van der Waals surface area contributed by atoms with E-state index in [1.165, 1.54) is 0 Å². The Bertz CT molecular complexity index is 454. The lowest BCUT2D eigenvalue weighted by Crippen LogP contribution is -2.37. The van der Waals surface area contributed by atoms with Crippen LogP contribution in [0.25, 0.3) is 0 Å². The predicted molar refractivity (Wildman–Crippen MR) is 95.9 cm³/mol. The van der Waals surface area contributed by atoms with Crippen LogP contribution in [0.3, 0.4) is 0 Å². The van der Waals surface area contributed by atoms with Crippen molar-refractivity contribution < 1.29 is 4.74 Å². The van der Waals surface area contributed by atoms with Crippen LogP contribution < -0.4 is 10.6 Å². The van der Waals surface area contributed by atoms with Crippen LogP contribution in [0.1, 0.15) is 24.5 Å². The molecule has 6 heteroatoms. The number of aliphatic imine (C=N–C) groups is 1. The molecule has 1 aromatic rings. The first-order valence-corrected chi connectivity index (χ1v) is 6.81. The van der Waals surface area contributed by atoms with Crippen LogP contribution in [0.5, 0.6) is 0 Å². The van der Waals surface area contributed by atoms with Crippen LogP contribution in [-0.2, 0) is 11.3 Å². The number of ether oxygens (including phenoxy) is 1. The van der Waals surface area contributed by atoms with E-state index in [4.69, 9.17) is 10.00 Å². The van der Waals surface area contributed by atoms with Gasteiger partial charge in [-0.2, -0.15) is 5.26 Å². The summed E-state index contributed by atoms with van der Waals surface area (Å²) in [5.41, 5.74) is 1.79. The van der Waals surface area contributed by atoms with Crippen LogP contribution in [0.4, 0.5) is 0 Å². The molecular weight excluding hydrogens is 379 g/mol. The summed E-state index contributed by atoms with van der Waals surface area (Å²) in [4.78, 5) is 4.16. The van der Waals surface area contributed by atoms with Gasteiger partial charge in [0, 0.05) is 33.4 Å². The fourth-order valence-electron chi connectivity index (χ4n) is 1.63. The number of hydrogen-bond donors (Lipinski definition) is 2. The normalized spacial score (nSPS) is 10.4. The van der Waals surface area contributed by atoms with E-state index >= 15 is 0 Å². The first-order valence-electron chi connectivity index (χ1n) is 6.81. The second kappa shape index (κ2) is 12.4. The molecule has 0 bridgehead atoms. The zero-order valence-electron chi connectivity index (χ0n) is 12.6. The van der Waals surface area contributed by atoms with Crippen LogP contribution >= 0.6 is 24.0 Å². The van der Waals surface area contributed by atoms with Crippen molar-refractivity contribution in [1.82, 2.24) is 10.6 Å². The lowest BCUT2D eigenvalue weighted by molar-refractivity contribution is 0.145. The summed E-state index contributed by atoms with van der Waals surface area (Å²) < 4.78 is 5.27. The van der Waals surface area contributed by atoms with Crippen molar-refractivity contribution in [1.29, 1.82) is 5.26 Å². The Labute approximate surface area is 143 Å². The van der Waals surface area contributed by atoms with Crippen molar-refractivity contribution in [2.75, 3.05) is 26.8 Å². The molecule has 5 nitrogen and oxygen atoms in total. The Morgan fingerprint density at radius 2 is 2.00 bits per heavy atom. The van der Waals surface area contributed by atoms with Gasteiger partial charge in [-0.05, 0) is 31.0 Å². The molecule has 1 rings (SSSR count). The highest BCUT2D eigenvalue weighted by Crippen LogP contribution is 2.02. The smallest absolute Gasteiger partial charge is 0.191 e. The first-order chi connectivity index (χ1) is 9.80. The Kier molecular flexibility index (Phi) is 11.6. The molecule has 0 aliphatic heterocycles. The third-order valence-corrected chi connectivity index (χ3v) is 2.73. The van der Waals surface area contributed by atoms with Gasteiger partial charge in [-0.1, -0.05) is 12.1 Å². The van der Waals surface area contributed by atoms with E-state index < -0.39 is 0 Å². The molecule has 0 radical (unpaired) electrons. The molecule has 1 aromatic carbocycles. The maximum Gasteiger partial charge on any atom is 0.191 e. The zero-order valence-corrected chi connectivity index (χ0v) is 14.9. The summed E-state index contributed by atoms with van der Waals surface area (Å²) >= 11 is 0. The molecule has 0 unspecified atom stereocenters. The average Bonchev–Trinajstić information content (AvgIpc) is 2.50. The van der Waals surface area contributed by atoms with Gasteiger partial charge in [-0.25, -0.2) is 0 Å². The summed E-state index contributed by atoms with van der Waals surface area (Å²) in [6.07, 6.45) is 0.950. The predicted octanol–water partition coefficient (Wildman–Crippen LogP) is 2.27. The van der Waals surface area contributed by atoms with E-state index in [-0.39, 0.29) is 24.0 Å². The lowest BCUT2D eigenvalue weighted by atomic mass is 10.1. The highest BCUT2D eigenvalue weighted by atomic mass is 127. The number of rotatable bonds is 7. The minimum absolute atomic E-state index is 0. The third-order valence-electron chi connectivity index (χ3n) is 2.73. The van der Waals surface area contributed by atoms with E-state index in [1.54, 1.807) is 7.05 Å². The van der Waals surface area contributed by atoms with Crippen molar-refractivity contribution in [2.24, 2.45) is 4.99 Å². The van der Waals surface area contributed by atoms with Crippen LogP contribution in [0.2, 0.25) is 0 Å². The van der Waals surface area contributed by atoms with Gasteiger partial charge in [-0.15, -0.1) is 24.0 Å². The first kappa shape index (κ1) is 19.7. The van der Waals surface area contributed by atoms with E-state index in [1.807, 2.05) is 31.2 Å². The second-order valence-electron chi connectivity index (χ2n) is 4.21. The largest absolute Gasteiger partial charge is 0.382 e. The fourth-order valence-corrected chi connectivity index (χ4v) is 1.63. The van der Waals surface area contributed by atoms with Crippen molar-refractivity contribution >= 4 is 29.9 Å². The zero-order chi connectivity index (χ0) is 14.6. The Morgan fingerprint density at radius 3 is 2.57 bits per heavy atom. The molecule has 2 N–H and O–H groups in total. The molecule has 0 atom stereocenters. The second-order valence-corrected chi connectivity index (χ2v) is 4.21. The Hall–Kier alpha value is -1.33. The molecule has 0 amide bonds. The van der Waals surface area contributed by atoms with Gasteiger partial charge < -0.3 is 15.4 Å². The molecule has 0 saturated carbocycles. The number of guanidine groups is 1. The maximum absolute atomic E-state index is 8.74. The topological polar surface area (TPSA) is 69.4 Å². The third kappa shape index (κ3) is 8.52. The SMILES string of the molecule is CCOCCCNC(=NC)NCc1ccc(C#N)cc1.I. The molecule has 0 aromatic heterocycles. The van der Waals surface area contributed by atoms with E-state index in [9.17, 15) is 0 Å². The highest BCUT2D eigenvalue weighted by Gasteiger charge is 1.98. The number of halogens is 1. The summed E-state index contributed by atoms with van der Waals surface area (Å²) in [5, 5.41) is 15.2. The van der Waals surface area contributed by atoms with Gasteiger partial charge in [0.25, 0.3) is 0 Å². The van der Waals surface area contributed by atoms with Crippen molar-refractivity contribution in [3.05, 3.63) is 35.4 Å². The highest BCUT2D eigenvalue weighted by molar-refractivity contribution is 14.0. The van der Waals surface area contributed by atoms with Crippen molar-refractivity contribution in [3.8, 4) is 6.07 Å². The monoisotopic (exact) mass is 402 g/mol. The fraction of sp³-hybridized carbons (Fsp3) is 0.467. The quantitative estimate of drug-likeness (QED) is 0.318. The number of hydrogen-bond acceptors (Lipinski definition) is 3. The van der Waals surface area contributed by atoms with Gasteiger partial charge in [0.15, 0.2) is 5.96 Å². The van der Waals surface area contributed by atoms with Crippen LogP contribution in [-0.4, -0.2) is 32.8 Å². The van der Waals surface area contributed by atoms with Crippen molar-refractivity contribution in [3.63, 3.8) is 0 Å². The summed E-state index contributed by atoms with van der Waals surface area (Å²) in [6.45, 7) is 5.01. The molecule has 0 aliphatic rings. The summed E-state index contributed by atoms with van der Waals surface area (Å²) in [5.74, 6) is 0.769. The van der Waals surface area contributed by atoms with Gasteiger partial charge in [-0.3, -0.25) is 4.99 Å². The van der Waals surface area contributed by atoms with E-state index in [2.05, 4.69) is 21.7 Å².